The maximum Gasteiger partial charge on any atom is 0.217 e. The van der Waals surface area contributed by atoms with Gasteiger partial charge in [-0.25, -0.2) is 0 Å². The van der Waals surface area contributed by atoms with Gasteiger partial charge in [0.05, 0.1) is 12.3 Å². The molecular formula is C19H34IN5O2. The van der Waals surface area contributed by atoms with Gasteiger partial charge in [-0.05, 0) is 44.0 Å². The predicted octanol–water partition coefficient (Wildman–Crippen LogP) is 2.44. The molecule has 1 aromatic heterocycles. The Balaban J connectivity index is 0.00000364. The van der Waals surface area contributed by atoms with Gasteiger partial charge in [0.25, 0.3) is 0 Å². The molecule has 0 aliphatic carbocycles. The minimum absolute atomic E-state index is 0. The molecule has 1 amide bonds. The van der Waals surface area contributed by atoms with E-state index in [-0.39, 0.29) is 35.9 Å². The van der Waals surface area contributed by atoms with Crippen LogP contribution in [0.2, 0.25) is 0 Å². The molecule has 7 nitrogen and oxygen atoms in total. The summed E-state index contributed by atoms with van der Waals surface area (Å²) < 4.78 is 5.67. The lowest BCUT2D eigenvalue weighted by Gasteiger charge is -2.36. The van der Waals surface area contributed by atoms with Crippen LogP contribution in [0.25, 0.3) is 0 Å². The van der Waals surface area contributed by atoms with E-state index in [0.29, 0.717) is 12.3 Å². The molecule has 1 aliphatic rings. The Bertz CT molecular complexity index is 575. The number of nitrogens with two attached hydrogens (primary N) is 1. The highest BCUT2D eigenvalue weighted by molar-refractivity contribution is 14.0. The zero-order valence-electron chi connectivity index (χ0n) is 16.7. The number of nitrogens with one attached hydrogen (secondary N) is 1. The Morgan fingerprint density at radius 2 is 2.22 bits per heavy atom. The second-order valence-corrected chi connectivity index (χ2v) is 6.81. The van der Waals surface area contributed by atoms with E-state index in [4.69, 9.17) is 10.2 Å². The molecule has 8 heteroatoms. The van der Waals surface area contributed by atoms with Crippen LogP contribution in [0.3, 0.4) is 0 Å². The number of rotatable bonds is 8. The van der Waals surface area contributed by atoms with Crippen LogP contribution in [0.4, 0.5) is 0 Å². The summed E-state index contributed by atoms with van der Waals surface area (Å²) in [6, 6.07) is 4.11. The number of furan rings is 1. The Hall–Kier alpha value is -1.29. The van der Waals surface area contributed by atoms with Gasteiger partial charge in [0.2, 0.25) is 5.91 Å². The molecule has 0 spiro atoms. The largest absolute Gasteiger partial charge is 0.468 e. The molecule has 2 heterocycles. The third-order valence-electron chi connectivity index (χ3n) is 5.10. The zero-order valence-corrected chi connectivity index (χ0v) is 19.0. The van der Waals surface area contributed by atoms with Crippen molar-refractivity contribution in [2.45, 2.75) is 39.2 Å². The van der Waals surface area contributed by atoms with Crippen molar-refractivity contribution in [3.05, 3.63) is 24.2 Å². The number of carbonyl (C=O) groups is 1. The first-order valence-corrected chi connectivity index (χ1v) is 9.60. The fourth-order valence-corrected chi connectivity index (χ4v) is 3.78. The van der Waals surface area contributed by atoms with Crippen LogP contribution in [0.15, 0.2) is 27.8 Å². The first kappa shape index (κ1) is 23.7. The first-order chi connectivity index (χ1) is 12.6. The fourth-order valence-electron chi connectivity index (χ4n) is 3.78. The first-order valence-electron chi connectivity index (χ1n) is 9.60. The van der Waals surface area contributed by atoms with Crippen LogP contribution in [-0.4, -0.2) is 61.4 Å². The molecule has 2 unspecified atom stereocenters. The van der Waals surface area contributed by atoms with E-state index in [9.17, 15) is 4.79 Å². The van der Waals surface area contributed by atoms with Crippen molar-refractivity contribution in [2.75, 3.05) is 39.8 Å². The van der Waals surface area contributed by atoms with Crippen LogP contribution < -0.4 is 11.1 Å². The Kier molecular flexibility index (Phi) is 10.8. The van der Waals surface area contributed by atoms with Crippen molar-refractivity contribution >= 4 is 35.8 Å². The van der Waals surface area contributed by atoms with Gasteiger partial charge in [-0.1, -0.05) is 13.8 Å². The summed E-state index contributed by atoms with van der Waals surface area (Å²) in [6.07, 6.45) is 4.27. The number of nitrogens with zero attached hydrogens (tertiary/aromatic N) is 3. The third kappa shape index (κ3) is 6.99. The van der Waals surface area contributed by atoms with E-state index in [0.717, 1.165) is 57.3 Å². The van der Waals surface area contributed by atoms with Gasteiger partial charge in [-0.2, -0.15) is 0 Å². The van der Waals surface area contributed by atoms with Gasteiger partial charge < -0.3 is 20.4 Å². The number of carbonyl (C=O) groups excluding carboxylic acids is 1. The molecule has 154 valence electrons. The van der Waals surface area contributed by atoms with Crippen molar-refractivity contribution in [2.24, 2.45) is 16.6 Å². The molecule has 1 aliphatic heterocycles. The van der Waals surface area contributed by atoms with Crippen molar-refractivity contribution in [1.29, 1.82) is 0 Å². The molecule has 2 atom stereocenters. The SMILES string of the molecule is CCN(CC)C(CNC(=NC)N1CCCC(CC(N)=O)C1)c1ccco1.I. The summed E-state index contributed by atoms with van der Waals surface area (Å²) in [5.74, 6) is 1.92. The van der Waals surface area contributed by atoms with Gasteiger partial charge in [-0.15, -0.1) is 24.0 Å². The van der Waals surface area contributed by atoms with Gasteiger partial charge in [-0.3, -0.25) is 14.7 Å². The Morgan fingerprint density at radius 3 is 2.78 bits per heavy atom. The number of guanidine groups is 1. The lowest BCUT2D eigenvalue weighted by Crippen LogP contribution is -2.49. The molecule has 1 saturated heterocycles. The highest BCUT2D eigenvalue weighted by atomic mass is 127. The lowest BCUT2D eigenvalue weighted by molar-refractivity contribution is -0.119. The molecule has 3 N–H and O–H groups in total. The van der Waals surface area contributed by atoms with Crippen molar-refractivity contribution in [3.63, 3.8) is 0 Å². The Morgan fingerprint density at radius 1 is 1.48 bits per heavy atom. The van der Waals surface area contributed by atoms with Gasteiger partial charge >= 0.3 is 0 Å². The van der Waals surface area contributed by atoms with E-state index < -0.39 is 0 Å². The molecule has 0 radical (unpaired) electrons. The maximum atomic E-state index is 11.2. The molecular weight excluding hydrogens is 457 g/mol. The molecule has 0 aromatic carbocycles. The number of hydrogen-bond acceptors (Lipinski definition) is 4. The second-order valence-electron chi connectivity index (χ2n) is 6.81. The van der Waals surface area contributed by atoms with E-state index in [1.807, 2.05) is 12.1 Å². The van der Waals surface area contributed by atoms with Crippen LogP contribution in [0.5, 0.6) is 0 Å². The van der Waals surface area contributed by atoms with Crippen LogP contribution >= 0.6 is 24.0 Å². The van der Waals surface area contributed by atoms with E-state index in [1.54, 1.807) is 13.3 Å². The quantitative estimate of drug-likeness (QED) is 0.332. The molecule has 1 fully saturated rings. The molecule has 0 saturated carbocycles. The average Bonchev–Trinajstić information content (AvgIpc) is 3.15. The molecule has 1 aromatic rings. The predicted molar refractivity (Wildman–Crippen MR) is 119 cm³/mol. The summed E-state index contributed by atoms with van der Waals surface area (Å²) in [5.41, 5.74) is 5.37. The highest BCUT2D eigenvalue weighted by Crippen LogP contribution is 2.22. The van der Waals surface area contributed by atoms with Gasteiger partial charge in [0.1, 0.15) is 5.76 Å². The van der Waals surface area contributed by atoms with Crippen molar-refractivity contribution < 1.29 is 9.21 Å². The summed E-state index contributed by atoms with van der Waals surface area (Å²) in [4.78, 5) is 20.3. The summed E-state index contributed by atoms with van der Waals surface area (Å²) in [5, 5.41) is 3.51. The maximum absolute atomic E-state index is 11.2. The van der Waals surface area contributed by atoms with E-state index >= 15 is 0 Å². The standard InChI is InChI=1S/C19H33N5O2.HI/c1-4-23(5-2)16(17-9-7-11-26-17)13-22-19(21-3)24-10-6-8-15(14-24)12-18(20)25;/h7,9,11,15-16H,4-6,8,10,12-14H2,1-3H3,(H2,20,25)(H,21,22);1H. The number of likely N-dealkylation sites (N-methyl/N-ethyl adjacent to an activating group) is 1. The topological polar surface area (TPSA) is 87.1 Å². The lowest BCUT2D eigenvalue weighted by atomic mass is 9.95. The number of aliphatic imine (C=N–C) groups is 1. The summed E-state index contributed by atoms with van der Waals surface area (Å²) in [6.45, 7) is 8.71. The zero-order chi connectivity index (χ0) is 18.9. The fraction of sp³-hybridized carbons (Fsp3) is 0.684. The minimum atomic E-state index is -0.223. The molecule has 27 heavy (non-hydrogen) atoms. The summed E-state index contributed by atoms with van der Waals surface area (Å²) in [7, 11) is 1.80. The van der Waals surface area contributed by atoms with E-state index in [2.05, 4.69) is 34.0 Å². The highest BCUT2D eigenvalue weighted by Gasteiger charge is 2.25. The number of hydrogen-bond donors (Lipinski definition) is 2. The van der Waals surface area contributed by atoms with Crippen LogP contribution in [0, 0.1) is 5.92 Å². The van der Waals surface area contributed by atoms with E-state index in [1.165, 1.54) is 0 Å². The minimum Gasteiger partial charge on any atom is -0.468 e. The normalized spacial score (nSPS) is 18.9. The van der Waals surface area contributed by atoms with Crippen molar-refractivity contribution in [1.82, 2.24) is 15.1 Å². The summed E-state index contributed by atoms with van der Waals surface area (Å²) >= 11 is 0. The van der Waals surface area contributed by atoms with Crippen LogP contribution in [-0.2, 0) is 4.79 Å². The number of halogens is 1. The van der Waals surface area contributed by atoms with Crippen LogP contribution in [0.1, 0.15) is 44.9 Å². The molecule has 0 bridgehead atoms. The number of likely N-dealkylation sites (tertiary alicyclic amines) is 1. The van der Waals surface area contributed by atoms with Gasteiger partial charge in [0.15, 0.2) is 5.96 Å². The number of piperidine rings is 1. The smallest absolute Gasteiger partial charge is 0.217 e. The van der Waals surface area contributed by atoms with Gasteiger partial charge in [0, 0.05) is 33.1 Å². The Labute approximate surface area is 179 Å². The molecule has 2 rings (SSSR count). The average molecular weight is 491 g/mol. The van der Waals surface area contributed by atoms with Crippen molar-refractivity contribution in [3.8, 4) is 0 Å². The number of amides is 1. The third-order valence-corrected chi connectivity index (χ3v) is 5.10. The monoisotopic (exact) mass is 491 g/mol. The second kappa shape index (κ2) is 12.2. The number of primary amides is 1.